The molecule has 2 N–H and O–H groups in total. The molecule has 2 bridgehead atoms. The van der Waals surface area contributed by atoms with E-state index < -0.39 is 11.6 Å². The van der Waals surface area contributed by atoms with Crippen LogP contribution in [0, 0.1) is 11.8 Å². The zero-order valence-electron chi connectivity index (χ0n) is 19.8. The fourth-order valence-corrected chi connectivity index (χ4v) is 6.89. The van der Waals surface area contributed by atoms with Gasteiger partial charge in [-0.2, -0.15) is 11.3 Å². The number of fused-ring (bicyclic) bond motifs is 3. The van der Waals surface area contributed by atoms with Crippen LogP contribution in [-0.2, 0) is 19.9 Å². The minimum absolute atomic E-state index is 0. The van der Waals surface area contributed by atoms with Crippen LogP contribution in [0.25, 0.3) is 0 Å². The van der Waals surface area contributed by atoms with E-state index in [1.165, 1.54) is 17.5 Å². The molecule has 4 fully saturated rings. The van der Waals surface area contributed by atoms with E-state index in [0.29, 0.717) is 29.0 Å². The van der Waals surface area contributed by atoms with Crippen molar-refractivity contribution < 1.29 is 40.9 Å². The molecule has 35 heavy (non-hydrogen) atoms. The maximum atomic E-state index is 13.6. The molecule has 1 aliphatic carbocycles. The summed E-state index contributed by atoms with van der Waals surface area (Å²) in [5.41, 5.74) is -0.941. The van der Waals surface area contributed by atoms with Gasteiger partial charge in [-0.3, -0.25) is 9.78 Å². The van der Waals surface area contributed by atoms with Crippen molar-refractivity contribution >= 4 is 29.0 Å². The molecule has 4 aliphatic rings. The number of anilines is 1. The molecular formula is C25H33BrN4O4S. The number of hydrogen-bond acceptors (Lipinski definition) is 7. The number of carbonyl (C=O) groups is 2. The second-order valence-corrected chi connectivity index (χ2v) is 10.9. The van der Waals surface area contributed by atoms with Crippen LogP contribution in [0.5, 0.6) is 0 Å². The van der Waals surface area contributed by atoms with Crippen molar-refractivity contribution in [2.24, 2.45) is 11.8 Å². The molecule has 8 nitrogen and oxygen atoms in total. The lowest BCUT2D eigenvalue weighted by molar-refractivity contribution is -0.939. The zero-order valence-corrected chi connectivity index (χ0v) is 22.2. The Morgan fingerprint density at radius 3 is 2.60 bits per heavy atom. The van der Waals surface area contributed by atoms with Crippen LogP contribution in [0.2, 0.25) is 0 Å². The molecule has 1 unspecified atom stereocenters. The number of aliphatic hydroxyl groups is 1. The van der Waals surface area contributed by atoms with Crippen molar-refractivity contribution in [3.63, 3.8) is 0 Å². The molecular weight excluding hydrogens is 532 g/mol. The standard InChI is InChI=1S/C25H32N4O4S.BrH/c30-23(28-22-14-26-9-10-27-22)16-29-11-6-18(7-12-29)21(15-29)33-24(31)25(32,20-8-13-34-17-20)19-4-2-1-3-5-19;/h8-10,13-14,17-19,21,32H,1-7,11-12,15-16H2;1H/t18?,21-,25?,29?;/m0./s1. The molecule has 0 radical (unpaired) electrons. The summed E-state index contributed by atoms with van der Waals surface area (Å²) in [7, 11) is 0. The molecule has 10 heteroatoms. The number of carbonyl (C=O) groups excluding carboxylic acids is 2. The van der Waals surface area contributed by atoms with Gasteiger partial charge in [-0.05, 0) is 29.7 Å². The van der Waals surface area contributed by atoms with Crippen molar-refractivity contribution in [2.45, 2.75) is 56.7 Å². The van der Waals surface area contributed by atoms with Crippen LogP contribution in [0.3, 0.4) is 0 Å². The molecule has 5 heterocycles. The van der Waals surface area contributed by atoms with E-state index in [9.17, 15) is 14.7 Å². The van der Waals surface area contributed by atoms with E-state index >= 15 is 0 Å². The third-order valence-corrected chi connectivity index (χ3v) is 8.76. The number of nitrogens with zero attached hydrogens (tertiary/aromatic N) is 3. The highest BCUT2D eigenvalue weighted by Crippen LogP contribution is 2.43. The van der Waals surface area contributed by atoms with E-state index in [-0.39, 0.29) is 40.8 Å². The number of esters is 1. The van der Waals surface area contributed by atoms with Gasteiger partial charge in [0.2, 0.25) is 0 Å². The maximum Gasteiger partial charge on any atom is 0.343 e. The van der Waals surface area contributed by atoms with Gasteiger partial charge in [0.25, 0.3) is 5.91 Å². The Kier molecular flexibility index (Phi) is 8.25. The van der Waals surface area contributed by atoms with Gasteiger partial charge in [0.1, 0.15) is 6.54 Å². The highest BCUT2D eigenvalue weighted by Gasteiger charge is 2.52. The SMILES string of the molecule is O=C(C[N+]12CCC(CC1)[C@@H](OC(=O)C(O)(c1ccsc1)C1CCCCC1)C2)Nc1cnccn1.[Br-]. The second kappa shape index (κ2) is 11.0. The molecule has 2 aromatic heterocycles. The predicted molar refractivity (Wildman–Crippen MR) is 128 cm³/mol. The molecule has 3 aliphatic heterocycles. The highest BCUT2D eigenvalue weighted by molar-refractivity contribution is 7.08. The first-order valence-electron chi connectivity index (χ1n) is 12.4. The monoisotopic (exact) mass is 564 g/mol. The summed E-state index contributed by atoms with van der Waals surface area (Å²) in [5.74, 6) is -0.0223. The number of halogens is 1. The van der Waals surface area contributed by atoms with Gasteiger partial charge in [0.05, 0.1) is 19.3 Å². The van der Waals surface area contributed by atoms with Crippen molar-refractivity contribution in [3.05, 3.63) is 41.0 Å². The highest BCUT2D eigenvalue weighted by atomic mass is 79.9. The number of rotatable bonds is 7. The van der Waals surface area contributed by atoms with Crippen LogP contribution in [0.1, 0.15) is 50.5 Å². The van der Waals surface area contributed by atoms with E-state index in [1.807, 2.05) is 16.8 Å². The van der Waals surface area contributed by atoms with Gasteiger partial charge >= 0.3 is 5.97 Å². The van der Waals surface area contributed by atoms with Crippen LogP contribution < -0.4 is 22.3 Å². The van der Waals surface area contributed by atoms with Crippen molar-refractivity contribution in [3.8, 4) is 0 Å². The van der Waals surface area contributed by atoms with Gasteiger partial charge in [0.15, 0.2) is 24.1 Å². The quantitative estimate of drug-likeness (QED) is 0.365. The molecule has 6 rings (SSSR count). The first kappa shape index (κ1) is 26.2. The summed E-state index contributed by atoms with van der Waals surface area (Å²) in [6, 6.07) is 1.85. The molecule has 3 saturated heterocycles. The fourth-order valence-electron chi connectivity index (χ4n) is 6.18. The first-order valence-corrected chi connectivity index (χ1v) is 13.3. The van der Waals surface area contributed by atoms with Crippen LogP contribution >= 0.6 is 11.3 Å². The number of ether oxygens (including phenoxy) is 1. The summed E-state index contributed by atoms with van der Waals surface area (Å²) in [6.07, 6.45) is 11.0. The minimum atomic E-state index is -1.60. The molecule has 0 spiro atoms. The van der Waals surface area contributed by atoms with Crippen molar-refractivity contribution in [1.82, 2.24) is 9.97 Å². The summed E-state index contributed by atoms with van der Waals surface area (Å²) in [6.45, 7) is 2.71. The van der Waals surface area contributed by atoms with Gasteiger partial charge in [-0.1, -0.05) is 19.3 Å². The molecule has 2 atom stereocenters. The first-order chi connectivity index (χ1) is 16.5. The van der Waals surface area contributed by atoms with Crippen LogP contribution in [-0.4, -0.2) is 63.7 Å². The van der Waals surface area contributed by atoms with Gasteiger partial charge in [-0.15, -0.1) is 0 Å². The molecule has 0 aromatic carbocycles. The van der Waals surface area contributed by atoms with Gasteiger partial charge in [0, 0.05) is 42.6 Å². The summed E-state index contributed by atoms with van der Waals surface area (Å²) >= 11 is 1.49. The Hall–Kier alpha value is -1.88. The van der Waals surface area contributed by atoms with E-state index in [0.717, 1.165) is 58.0 Å². The Bertz CT molecular complexity index is 994. The zero-order chi connectivity index (χ0) is 23.6. The normalized spacial score (nSPS) is 27.9. The smallest absolute Gasteiger partial charge is 0.343 e. The lowest BCUT2D eigenvalue weighted by atomic mass is 9.74. The third kappa shape index (κ3) is 5.45. The average Bonchev–Trinajstić information content (AvgIpc) is 3.40. The number of piperidine rings is 3. The number of aromatic nitrogens is 2. The lowest BCUT2D eigenvalue weighted by Crippen LogP contribution is -3.00. The number of quaternary nitrogens is 1. The molecule has 2 aromatic rings. The summed E-state index contributed by atoms with van der Waals surface area (Å²) < 4.78 is 6.74. The largest absolute Gasteiger partial charge is 1.00 e. The van der Waals surface area contributed by atoms with Gasteiger partial charge in [-0.25, -0.2) is 9.78 Å². The number of nitrogens with one attached hydrogen (secondary N) is 1. The minimum Gasteiger partial charge on any atom is -1.00 e. The van der Waals surface area contributed by atoms with Crippen LogP contribution in [0.4, 0.5) is 5.82 Å². The third-order valence-electron chi connectivity index (χ3n) is 8.08. The topological polar surface area (TPSA) is 101 Å². The Morgan fingerprint density at radius 1 is 1.17 bits per heavy atom. The number of thiophene rings is 1. The summed E-state index contributed by atoms with van der Waals surface area (Å²) in [4.78, 5) is 34.5. The average molecular weight is 566 g/mol. The molecule has 1 amide bonds. The number of hydrogen-bond donors (Lipinski definition) is 2. The van der Waals surface area contributed by atoms with E-state index in [2.05, 4.69) is 15.3 Å². The lowest BCUT2D eigenvalue weighted by Gasteiger charge is -2.52. The van der Waals surface area contributed by atoms with E-state index in [4.69, 9.17) is 4.74 Å². The van der Waals surface area contributed by atoms with Gasteiger partial charge < -0.3 is 36.6 Å². The Labute approximate surface area is 220 Å². The Morgan fingerprint density at radius 2 is 1.94 bits per heavy atom. The molecule has 190 valence electrons. The van der Waals surface area contributed by atoms with Crippen LogP contribution in [0.15, 0.2) is 35.4 Å². The maximum absolute atomic E-state index is 13.6. The number of amides is 1. The fraction of sp³-hybridized carbons (Fsp3) is 0.600. The summed E-state index contributed by atoms with van der Waals surface area (Å²) in [5, 5.41) is 18.4. The van der Waals surface area contributed by atoms with E-state index in [1.54, 1.807) is 12.4 Å². The van der Waals surface area contributed by atoms with Crippen molar-refractivity contribution in [1.29, 1.82) is 0 Å². The van der Waals surface area contributed by atoms with Crippen molar-refractivity contribution in [2.75, 3.05) is 31.5 Å². The molecule has 1 saturated carbocycles. The second-order valence-electron chi connectivity index (χ2n) is 10.2. The Balaban J connectivity index is 0.00000289. The predicted octanol–water partition coefficient (Wildman–Crippen LogP) is 0.101.